The van der Waals surface area contributed by atoms with Crippen LogP contribution in [0, 0.1) is 0 Å². The van der Waals surface area contributed by atoms with Crippen molar-refractivity contribution < 1.29 is 23.8 Å². The second-order valence-corrected chi connectivity index (χ2v) is 5.04. The van der Waals surface area contributed by atoms with Crippen molar-refractivity contribution >= 4 is 11.8 Å². The highest BCUT2D eigenvalue weighted by atomic mass is 16.6. The molecular formula is C16H20O5. The molecule has 1 aliphatic heterocycles. The summed E-state index contributed by atoms with van der Waals surface area (Å²) in [7, 11) is 0. The minimum atomic E-state index is -0.417. The third-order valence-corrected chi connectivity index (χ3v) is 3.32. The summed E-state index contributed by atoms with van der Waals surface area (Å²) in [6.07, 6.45) is 3.13. The molecule has 21 heavy (non-hydrogen) atoms. The van der Waals surface area contributed by atoms with Crippen LogP contribution in [0.5, 0.6) is 5.75 Å². The fraction of sp³-hybridized carbons (Fsp3) is 0.500. The SMILES string of the molecule is CC(=O)c1ccc(OCC(=O)OCC2CCCCO2)cc1. The lowest BCUT2D eigenvalue weighted by atomic mass is 10.1. The highest BCUT2D eigenvalue weighted by Gasteiger charge is 2.16. The van der Waals surface area contributed by atoms with Gasteiger partial charge in [0.25, 0.3) is 0 Å². The lowest BCUT2D eigenvalue weighted by molar-refractivity contribution is -0.151. The number of ketones is 1. The third-order valence-electron chi connectivity index (χ3n) is 3.32. The van der Waals surface area contributed by atoms with E-state index in [0.717, 1.165) is 25.9 Å². The first-order chi connectivity index (χ1) is 10.1. The molecule has 1 unspecified atom stereocenters. The van der Waals surface area contributed by atoms with E-state index in [1.165, 1.54) is 6.92 Å². The van der Waals surface area contributed by atoms with Crippen molar-refractivity contribution in [2.24, 2.45) is 0 Å². The Kier molecular flexibility index (Phi) is 5.75. The Bertz CT molecular complexity index is 474. The normalized spacial score (nSPS) is 18.0. The molecule has 1 aliphatic rings. The zero-order valence-corrected chi connectivity index (χ0v) is 12.2. The maximum absolute atomic E-state index is 11.6. The second kappa shape index (κ2) is 7.78. The molecule has 0 amide bonds. The maximum atomic E-state index is 11.6. The number of esters is 1. The molecule has 1 atom stereocenters. The van der Waals surface area contributed by atoms with E-state index in [0.29, 0.717) is 11.3 Å². The van der Waals surface area contributed by atoms with Gasteiger partial charge in [-0.15, -0.1) is 0 Å². The fourth-order valence-corrected chi connectivity index (χ4v) is 2.09. The zero-order valence-electron chi connectivity index (χ0n) is 12.2. The van der Waals surface area contributed by atoms with Gasteiger partial charge in [0.2, 0.25) is 0 Å². The molecule has 1 aromatic rings. The van der Waals surface area contributed by atoms with Gasteiger partial charge >= 0.3 is 5.97 Å². The molecule has 1 fully saturated rings. The van der Waals surface area contributed by atoms with E-state index in [1.807, 2.05) is 0 Å². The largest absolute Gasteiger partial charge is 0.482 e. The molecule has 1 aromatic carbocycles. The fourth-order valence-electron chi connectivity index (χ4n) is 2.09. The van der Waals surface area contributed by atoms with E-state index in [1.54, 1.807) is 24.3 Å². The van der Waals surface area contributed by atoms with E-state index in [2.05, 4.69) is 0 Å². The molecule has 0 saturated carbocycles. The summed E-state index contributed by atoms with van der Waals surface area (Å²) in [5.41, 5.74) is 0.611. The van der Waals surface area contributed by atoms with E-state index in [-0.39, 0.29) is 25.1 Å². The van der Waals surface area contributed by atoms with Crippen molar-refractivity contribution in [3.63, 3.8) is 0 Å². The van der Waals surface area contributed by atoms with Crippen molar-refractivity contribution in [1.82, 2.24) is 0 Å². The van der Waals surface area contributed by atoms with Crippen molar-refractivity contribution in [2.75, 3.05) is 19.8 Å². The highest BCUT2D eigenvalue weighted by Crippen LogP contribution is 2.14. The maximum Gasteiger partial charge on any atom is 0.344 e. The van der Waals surface area contributed by atoms with Gasteiger partial charge in [-0.1, -0.05) is 0 Å². The van der Waals surface area contributed by atoms with Crippen molar-refractivity contribution in [1.29, 1.82) is 0 Å². The number of carbonyl (C=O) groups is 2. The summed E-state index contributed by atoms with van der Waals surface area (Å²) >= 11 is 0. The smallest absolute Gasteiger partial charge is 0.344 e. The van der Waals surface area contributed by atoms with E-state index in [4.69, 9.17) is 14.2 Å². The van der Waals surface area contributed by atoms with Crippen LogP contribution in [0.4, 0.5) is 0 Å². The van der Waals surface area contributed by atoms with Crippen LogP contribution in [0.15, 0.2) is 24.3 Å². The number of carbonyl (C=O) groups excluding carboxylic acids is 2. The van der Waals surface area contributed by atoms with Crippen molar-refractivity contribution in [2.45, 2.75) is 32.3 Å². The van der Waals surface area contributed by atoms with E-state index in [9.17, 15) is 9.59 Å². The Hall–Kier alpha value is -1.88. The van der Waals surface area contributed by atoms with Crippen molar-refractivity contribution in [3.8, 4) is 5.75 Å². The van der Waals surface area contributed by atoms with E-state index < -0.39 is 5.97 Å². The van der Waals surface area contributed by atoms with Crippen LogP contribution in [0.25, 0.3) is 0 Å². The van der Waals surface area contributed by atoms with Crippen LogP contribution >= 0.6 is 0 Å². The molecule has 2 rings (SSSR count). The summed E-state index contributed by atoms with van der Waals surface area (Å²) in [5.74, 6) is 0.110. The van der Waals surface area contributed by atoms with Crippen molar-refractivity contribution in [3.05, 3.63) is 29.8 Å². The summed E-state index contributed by atoms with van der Waals surface area (Å²) < 4.78 is 15.9. The standard InChI is InChI=1S/C16H20O5/c1-12(17)13-5-7-14(8-6-13)20-11-16(18)21-10-15-4-2-3-9-19-15/h5-8,15H,2-4,9-11H2,1H3. The Morgan fingerprint density at radius 2 is 2.00 bits per heavy atom. The number of rotatable bonds is 6. The first-order valence-corrected chi connectivity index (χ1v) is 7.16. The van der Waals surface area contributed by atoms with Gasteiger partial charge in [-0.3, -0.25) is 4.79 Å². The van der Waals surface area contributed by atoms with Crippen LogP contribution in [0.1, 0.15) is 36.5 Å². The molecule has 0 aromatic heterocycles. The number of ether oxygens (including phenoxy) is 3. The monoisotopic (exact) mass is 292 g/mol. The van der Waals surface area contributed by atoms with Gasteiger partial charge in [0.05, 0.1) is 6.10 Å². The molecule has 5 nitrogen and oxygen atoms in total. The van der Waals surface area contributed by atoms with Crippen LogP contribution < -0.4 is 4.74 Å². The van der Waals surface area contributed by atoms with Gasteiger partial charge in [0.15, 0.2) is 12.4 Å². The predicted octanol–water partition coefficient (Wildman–Crippen LogP) is 2.38. The third kappa shape index (κ3) is 5.19. The lowest BCUT2D eigenvalue weighted by Gasteiger charge is -2.22. The molecule has 1 saturated heterocycles. The first-order valence-electron chi connectivity index (χ1n) is 7.16. The number of hydrogen-bond acceptors (Lipinski definition) is 5. The van der Waals surface area contributed by atoms with Crippen LogP contribution in [-0.4, -0.2) is 37.7 Å². The van der Waals surface area contributed by atoms with E-state index >= 15 is 0 Å². The van der Waals surface area contributed by atoms with Gasteiger partial charge in [-0.05, 0) is 50.5 Å². The molecule has 0 radical (unpaired) electrons. The molecule has 0 aliphatic carbocycles. The quantitative estimate of drug-likeness (QED) is 0.595. The Morgan fingerprint density at radius 1 is 1.24 bits per heavy atom. The van der Waals surface area contributed by atoms with Gasteiger partial charge in [-0.25, -0.2) is 4.79 Å². The van der Waals surface area contributed by atoms with Gasteiger partial charge in [0, 0.05) is 12.2 Å². The Labute approximate surface area is 124 Å². The molecule has 0 spiro atoms. The highest BCUT2D eigenvalue weighted by molar-refractivity contribution is 5.94. The number of hydrogen-bond donors (Lipinski definition) is 0. The molecular weight excluding hydrogens is 272 g/mol. The van der Waals surface area contributed by atoms with Crippen LogP contribution in [-0.2, 0) is 14.3 Å². The molecule has 114 valence electrons. The summed E-state index contributed by atoms with van der Waals surface area (Å²) in [6, 6.07) is 6.65. The molecule has 1 heterocycles. The average molecular weight is 292 g/mol. The predicted molar refractivity (Wildman–Crippen MR) is 76.5 cm³/mol. The minimum absolute atomic E-state index is 0.00607. The summed E-state index contributed by atoms with van der Waals surface area (Å²) in [5, 5.41) is 0. The average Bonchev–Trinajstić information content (AvgIpc) is 2.52. The first kappa shape index (κ1) is 15.5. The van der Waals surface area contributed by atoms with Crippen LogP contribution in [0.3, 0.4) is 0 Å². The zero-order chi connectivity index (χ0) is 15.1. The minimum Gasteiger partial charge on any atom is -0.482 e. The second-order valence-electron chi connectivity index (χ2n) is 5.04. The van der Waals surface area contributed by atoms with Gasteiger partial charge in [0.1, 0.15) is 12.4 Å². The lowest BCUT2D eigenvalue weighted by Crippen LogP contribution is -2.27. The molecule has 0 bridgehead atoms. The van der Waals surface area contributed by atoms with Gasteiger partial charge < -0.3 is 14.2 Å². The van der Waals surface area contributed by atoms with Gasteiger partial charge in [-0.2, -0.15) is 0 Å². The summed E-state index contributed by atoms with van der Waals surface area (Å²) in [6.45, 7) is 2.37. The number of benzene rings is 1. The summed E-state index contributed by atoms with van der Waals surface area (Å²) in [4.78, 5) is 22.7. The molecule has 0 N–H and O–H groups in total. The topological polar surface area (TPSA) is 61.8 Å². The molecule has 5 heteroatoms. The Balaban J connectivity index is 1.69. The Morgan fingerprint density at radius 3 is 2.62 bits per heavy atom. The number of Topliss-reactive ketones (excluding diaryl/α,β-unsaturated/α-hetero) is 1. The van der Waals surface area contributed by atoms with Crippen LogP contribution in [0.2, 0.25) is 0 Å².